The van der Waals surface area contributed by atoms with Crippen LogP contribution in [0.3, 0.4) is 0 Å². The lowest BCUT2D eigenvalue weighted by atomic mass is 9.76. The minimum atomic E-state index is -0.263. The maximum atomic E-state index is 13.7. The molecule has 0 saturated heterocycles. The molecule has 1 aliphatic rings. The van der Waals surface area contributed by atoms with Gasteiger partial charge >= 0.3 is 0 Å². The smallest absolute Gasteiger partial charge is 0.124 e. The molecule has 110 valence electrons. The number of benzene rings is 2. The summed E-state index contributed by atoms with van der Waals surface area (Å²) in [5.74, 6) is 6.12. The van der Waals surface area contributed by atoms with Gasteiger partial charge in [0.1, 0.15) is 5.82 Å². The lowest BCUT2D eigenvalue weighted by molar-refractivity contribution is 0.414. The molecular weight excluding hydrogens is 331 g/mol. The van der Waals surface area contributed by atoms with E-state index in [4.69, 9.17) is 5.84 Å². The highest BCUT2D eigenvalue weighted by Crippen LogP contribution is 2.40. The number of halogens is 2. The lowest BCUT2D eigenvalue weighted by Crippen LogP contribution is -2.30. The molecule has 0 spiro atoms. The van der Waals surface area contributed by atoms with E-state index in [1.807, 2.05) is 12.1 Å². The fourth-order valence-corrected chi connectivity index (χ4v) is 3.46. The van der Waals surface area contributed by atoms with Crippen LogP contribution in [0.4, 0.5) is 4.39 Å². The molecule has 21 heavy (non-hydrogen) atoms. The van der Waals surface area contributed by atoms with Gasteiger partial charge in [-0.1, -0.05) is 46.6 Å². The van der Waals surface area contributed by atoms with Crippen molar-refractivity contribution in [3.8, 4) is 0 Å². The fraction of sp³-hybridized carbons (Fsp3) is 0.294. The van der Waals surface area contributed by atoms with E-state index in [-0.39, 0.29) is 11.9 Å². The van der Waals surface area contributed by atoms with E-state index in [0.717, 1.165) is 15.6 Å². The average Bonchev–Trinajstić information content (AvgIpc) is 2.38. The third-order valence-electron chi connectivity index (χ3n) is 4.24. The van der Waals surface area contributed by atoms with E-state index in [1.165, 1.54) is 37.0 Å². The van der Waals surface area contributed by atoms with Gasteiger partial charge in [-0.2, -0.15) is 0 Å². The third-order valence-corrected chi connectivity index (χ3v) is 4.69. The zero-order valence-electron chi connectivity index (χ0n) is 11.7. The van der Waals surface area contributed by atoms with Crippen LogP contribution in [0.5, 0.6) is 0 Å². The van der Waals surface area contributed by atoms with E-state index in [9.17, 15) is 4.39 Å². The summed E-state index contributed by atoms with van der Waals surface area (Å²) in [6.45, 7) is 0. The van der Waals surface area contributed by atoms with Crippen LogP contribution >= 0.6 is 15.9 Å². The van der Waals surface area contributed by atoms with Crippen molar-refractivity contribution in [2.45, 2.75) is 31.2 Å². The first-order valence-electron chi connectivity index (χ1n) is 7.20. The Bertz CT molecular complexity index is 620. The maximum Gasteiger partial charge on any atom is 0.124 e. The molecule has 1 aliphatic carbocycles. The first kappa shape index (κ1) is 14.7. The van der Waals surface area contributed by atoms with Gasteiger partial charge < -0.3 is 0 Å². The van der Waals surface area contributed by atoms with Crippen molar-refractivity contribution in [1.29, 1.82) is 0 Å². The summed E-state index contributed by atoms with van der Waals surface area (Å²) in [6.07, 6.45) is 3.73. The topological polar surface area (TPSA) is 38.0 Å². The van der Waals surface area contributed by atoms with Gasteiger partial charge in [-0.05, 0) is 53.6 Å². The van der Waals surface area contributed by atoms with E-state index in [0.29, 0.717) is 5.92 Å². The van der Waals surface area contributed by atoms with Crippen molar-refractivity contribution in [3.63, 3.8) is 0 Å². The number of rotatable bonds is 4. The molecule has 0 aromatic heterocycles. The Morgan fingerprint density at radius 2 is 1.95 bits per heavy atom. The molecule has 1 fully saturated rings. The Labute approximate surface area is 132 Å². The lowest BCUT2D eigenvalue weighted by Gasteiger charge is -2.30. The van der Waals surface area contributed by atoms with Gasteiger partial charge in [0.05, 0.1) is 6.04 Å². The molecule has 3 rings (SSSR count). The molecule has 2 nitrogen and oxygen atoms in total. The summed E-state index contributed by atoms with van der Waals surface area (Å²) < 4.78 is 14.4. The van der Waals surface area contributed by atoms with Crippen LogP contribution in [-0.2, 0) is 0 Å². The Morgan fingerprint density at radius 1 is 1.19 bits per heavy atom. The Balaban J connectivity index is 2.03. The van der Waals surface area contributed by atoms with Crippen molar-refractivity contribution in [2.24, 2.45) is 5.84 Å². The van der Waals surface area contributed by atoms with Crippen LogP contribution in [0.25, 0.3) is 0 Å². The van der Waals surface area contributed by atoms with Gasteiger partial charge in [0, 0.05) is 4.47 Å². The summed E-state index contributed by atoms with van der Waals surface area (Å²) in [7, 11) is 0. The summed E-state index contributed by atoms with van der Waals surface area (Å²) in [5, 5.41) is 0. The van der Waals surface area contributed by atoms with Crippen LogP contribution in [0, 0.1) is 5.82 Å². The Hall–Kier alpha value is -1.23. The average molecular weight is 349 g/mol. The normalized spacial score (nSPS) is 16.5. The standard InChI is InChI=1S/C17H18BrFN2/c18-13-8-12(9-14(19)10-13)17(21-20)16-7-2-1-6-15(16)11-4-3-5-11/h1-2,6-11,17,21H,3-5,20H2. The van der Waals surface area contributed by atoms with Crippen LogP contribution < -0.4 is 11.3 Å². The first-order chi connectivity index (χ1) is 10.2. The Morgan fingerprint density at radius 3 is 2.57 bits per heavy atom. The van der Waals surface area contributed by atoms with E-state index < -0.39 is 0 Å². The molecule has 4 heteroatoms. The first-order valence-corrected chi connectivity index (χ1v) is 7.99. The highest BCUT2D eigenvalue weighted by atomic mass is 79.9. The molecule has 0 heterocycles. The van der Waals surface area contributed by atoms with Crippen molar-refractivity contribution >= 4 is 15.9 Å². The molecule has 2 aromatic rings. The van der Waals surface area contributed by atoms with Crippen molar-refractivity contribution in [1.82, 2.24) is 5.43 Å². The van der Waals surface area contributed by atoms with Crippen molar-refractivity contribution in [2.75, 3.05) is 0 Å². The largest absolute Gasteiger partial charge is 0.271 e. The van der Waals surface area contributed by atoms with Gasteiger partial charge in [-0.15, -0.1) is 0 Å². The third kappa shape index (κ3) is 3.03. The van der Waals surface area contributed by atoms with Gasteiger partial charge in [-0.25, -0.2) is 9.82 Å². The minimum Gasteiger partial charge on any atom is -0.271 e. The number of nitrogens with one attached hydrogen (secondary N) is 1. The van der Waals surface area contributed by atoms with Gasteiger partial charge in [-0.3, -0.25) is 5.84 Å². The fourth-order valence-electron chi connectivity index (χ4n) is 2.97. The molecule has 1 saturated carbocycles. The predicted octanol–water partition coefficient (Wildman–Crippen LogP) is 4.41. The molecule has 0 radical (unpaired) electrons. The monoisotopic (exact) mass is 348 g/mol. The predicted molar refractivity (Wildman–Crippen MR) is 86.3 cm³/mol. The van der Waals surface area contributed by atoms with Crippen molar-refractivity contribution < 1.29 is 4.39 Å². The maximum absolute atomic E-state index is 13.7. The van der Waals surface area contributed by atoms with Crippen LogP contribution in [0.1, 0.15) is 47.9 Å². The second-order valence-electron chi connectivity index (χ2n) is 5.56. The molecule has 0 aliphatic heterocycles. The van der Waals surface area contributed by atoms with Crippen LogP contribution in [0.2, 0.25) is 0 Å². The van der Waals surface area contributed by atoms with Gasteiger partial charge in [0.2, 0.25) is 0 Å². The second-order valence-corrected chi connectivity index (χ2v) is 6.47. The van der Waals surface area contributed by atoms with Gasteiger partial charge in [0.15, 0.2) is 0 Å². The molecule has 1 unspecified atom stereocenters. The second kappa shape index (κ2) is 6.26. The molecule has 0 amide bonds. The summed E-state index contributed by atoms with van der Waals surface area (Å²) in [6, 6.07) is 13.0. The highest BCUT2D eigenvalue weighted by molar-refractivity contribution is 9.10. The quantitative estimate of drug-likeness (QED) is 0.634. The van der Waals surface area contributed by atoms with Gasteiger partial charge in [0.25, 0.3) is 0 Å². The van der Waals surface area contributed by atoms with E-state index in [1.54, 1.807) is 0 Å². The van der Waals surface area contributed by atoms with Crippen LogP contribution in [0.15, 0.2) is 46.9 Å². The summed E-state index contributed by atoms with van der Waals surface area (Å²) in [4.78, 5) is 0. The number of hydrogen-bond acceptors (Lipinski definition) is 2. The molecule has 1 atom stereocenters. The molecule has 2 aromatic carbocycles. The molecule has 3 N–H and O–H groups in total. The number of nitrogens with two attached hydrogens (primary N) is 1. The summed E-state index contributed by atoms with van der Waals surface area (Å²) >= 11 is 3.35. The Kier molecular flexibility index (Phi) is 4.38. The van der Waals surface area contributed by atoms with Crippen molar-refractivity contribution in [3.05, 3.63) is 69.4 Å². The minimum absolute atomic E-state index is 0.200. The molecular formula is C17H18BrFN2. The zero-order chi connectivity index (χ0) is 14.8. The van der Waals surface area contributed by atoms with E-state index >= 15 is 0 Å². The zero-order valence-corrected chi connectivity index (χ0v) is 13.2. The number of hydrogen-bond donors (Lipinski definition) is 2. The van der Waals surface area contributed by atoms with E-state index in [2.05, 4.69) is 39.6 Å². The summed E-state index contributed by atoms with van der Waals surface area (Å²) in [5.41, 5.74) is 6.14. The highest BCUT2D eigenvalue weighted by Gasteiger charge is 2.25. The van der Waals surface area contributed by atoms with Crippen LogP contribution in [-0.4, -0.2) is 0 Å². The number of hydrazine groups is 1. The SMILES string of the molecule is NNC(c1cc(F)cc(Br)c1)c1ccccc1C1CCC1. The molecule has 0 bridgehead atoms.